The van der Waals surface area contributed by atoms with Crippen LogP contribution in [0.5, 0.6) is 0 Å². The summed E-state index contributed by atoms with van der Waals surface area (Å²) in [6.45, 7) is 5.17. The number of aromatic amines is 2. The Morgan fingerprint density at radius 1 is 1.21 bits per heavy atom. The zero-order chi connectivity index (χ0) is 30.9. The number of nitrogens with two attached hydrogens (primary N) is 1. The third-order valence-electron chi connectivity index (χ3n) is 6.03. The molecule has 0 aliphatic rings. The Hall–Kier alpha value is -4.98. The van der Waals surface area contributed by atoms with E-state index in [1.807, 2.05) is 13.0 Å². The first kappa shape index (κ1) is 31.0. The Kier molecular flexibility index (Phi) is 10.3. The van der Waals surface area contributed by atoms with Gasteiger partial charge in [0.05, 0.1) is 24.5 Å². The molecule has 0 saturated heterocycles. The van der Waals surface area contributed by atoms with Crippen LogP contribution in [0, 0.1) is 6.92 Å². The smallest absolute Gasteiger partial charge is 0.411 e. The minimum Gasteiger partial charge on any atom is -0.453 e. The van der Waals surface area contributed by atoms with Crippen LogP contribution in [0.15, 0.2) is 64.8 Å². The van der Waals surface area contributed by atoms with Crippen LogP contribution < -0.4 is 21.5 Å². The molecular weight excluding hydrogens is 595 g/mol. The number of hydrazine groups is 1. The van der Waals surface area contributed by atoms with Gasteiger partial charge in [-0.1, -0.05) is 35.3 Å². The van der Waals surface area contributed by atoms with Gasteiger partial charge in [-0.25, -0.2) is 15.6 Å². The highest BCUT2D eigenvalue weighted by Gasteiger charge is 2.22. The fourth-order valence-electron chi connectivity index (χ4n) is 4.04. The molecule has 0 spiro atoms. The van der Waals surface area contributed by atoms with Crippen molar-refractivity contribution >= 4 is 65.7 Å². The molecule has 0 saturated carbocycles. The van der Waals surface area contributed by atoms with Gasteiger partial charge in [0.2, 0.25) is 5.91 Å². The monoisotopic (exact) mass is 622 g/mol. The Labute approximate surface area is 256 Å². The Morgan fingerprint density at radius 2 is 1.98 bits per heavy atom. The molecule has 13 nitrogen and oxygen atoms in total. The number of halogens is 2. The van der Waals surface area contributed by atoms with Crippen LogP contribution in [0.1, 0.15) is 28.8 Å². The van der Waals surface area contributed by atoms with Gasteiger partial charge in [0.25, 0.3) is 0 Å². The van der Waals surface area contributed by atoms with Crippen molar-refractivity contribution in [3.8, 4) is 11.3 Å². The average molecular weight is 624 g/mol. The van der Waals surface area contributed by atoms with Crippen LogP contribution in [0.2, 0.25) is 10.2 Å². The van der Waals surface area contributed by atoms with Crippen LogP contribution in [0.25, 0.3) is 17.3 Å². The zero-order valence-electron chi connectivity index (χ0n) is 23.1. The van der Waals surface area contributed by atoms with Crippen LogP contribution in [-0.2, 0) is 16.0 Å². The lowest BCUT2D eigenvalue weighted by atomic mass is 10.1. The minimum atomic E-state index is -0.623. The van der Waals surface area contributed by atoms with Gasteiger partial charge in [0.15, 0.2) is 0 Å². The predicted molar refractivity (Wildman–Crippen MR) is 168 cm³/mol. The van der Waals surface area contributed by atoms with Crippen molar-refractivity contribution in [2.45, 2.75) is 19.4 Å². The molecular formula is C28H28Cl2N10O3. The summed E-state index contributed by atoms with van der Waals surface area (Å²) >= 11 is 12.7. The van der Waals surface area contributed by atoms with Gasteiger partial charge in [0.1, 0.15) is 23.0 Å². The highest BCUT2D eigenvalue weighted by Crippen LogP contribution is 2.30. The maximum absolute atomic E-state index is 13.2. The number of benzene rings is 2. The van der Waals surface area contributed by atoms with E-state index in [0.29, 0.717) is 51.2 Å². The number of nitrogens with zero attached hydrogens (tertiary/aromatic N) is 5. The molecule has 222 valence electrons. The van der Waals surface area contributed by atoms with Crippen molar-refractivity contribution < 1.29 is 14.3 Å². The van der Waals surface area contributed by atoms with Crippen molar-refractivity contribution in [1.82, 2.24) is 25.5 Å². The first-order valence-corrected chi connectivity index (χ1v) is 13.4. The molecule has 2 aromatic heterocycles. The van der Waals surface area contributed by atoms with Crippen LogP contribution in [0.3, 0.4) is 0 Å². The number of imidazole rings is 1. The summed E-state index contributed by atoms with van der Waals surface area (Å²) in [4.78, 5) is 32.4. The second-order valence-corrected chi connectivity index (χ2v) is 9.92. The number of hydrogen-bond donors (Lipinski definition) is 5. The highest BCUT2D eigenvalue weighted by atomic mass is 35.5. The number of carbonyl (C=O) groups is 2. The van der Waals surface area contributed by atoms with Crippen molar-refractivity contribution in [3.05, 3.63) is 87.6 Å². The van der Waals surface area contributed by atoms with Crippen molar-refractivity contribution in [2.75, 3.05) is 17.4 Å². The first-order chi connectivity index (χ1) is 20.7. The van der Waals surface area contributed by atoms with Crippen LogP contribution in [0.4, 0.5) is 16.2 Å². The second-order valence-electron chi connectivity index (χ2n) is 9.10. The molecule has 2 heterocycles. The standard InChI is InChI=1S/C28H28Cl2N10O3/c1-16-12-21(39-38-16)14-22(27-36-25(26(30)37-27)17-4-8-20(9-5-17)34-28(42)43-3)35-24(41)11-6-18-13-19(29)7-10-23(18)40(31)15-33-32-2/h4-13,15,22H,2,14,31H2,1,3H3,(H,34,42)(H,35,41)(H,36,37)(H,38,39)/b11-6+,33-15-. The van der Waals surface area contributed by atoms with Gasteiger partial charge in [-0.2, -0.15) is 10.2 Å². The maximum Gasteiger partial charge on any atom is 0.411 e. The quantitative estimate of drug-likeness (QED) is 0.0511. The maximum atomic E-state index is 13.2. The van der Waals surface area contributed by atoms with Gasteiger partial charge in [-0.15, -0.1) is 5.10 Å². The van der Waals surface area contributed by atoms with Gasteiger partial charge in [0, 0.05) is 46.7 Å². The lowest BCUT2D eigenvalue weighted by Gasteiger charge is -2.16. The number of anilines is 2. The Balaban J connectivity index is 1.59. The number of ether oxygens (including phenoxy) is 1. The van der Waals surface area contributed by atoms with E-state index in [-0.39, 0.29) is 5.15 Å². The van der Waals surface area contributed by atoms with Crippen molar-refractivity contribution in [3.63, 3.8) is 0 Å². The van der Waals surface area contributed by atoms with E-state index in [2.05, 4.69) is 47.5 Å². The highest BCUT2D eigenvalue weighted by molar-refractivity contribution is 6.32. The zero-order valence-corrected chi connectivity index (χ0v) is 24.6. The van der Waals surface area contributed by atoms with Crippen molar-refractivity contribution in [1.29, 1.82) is 0 Å². The van der Waals surface area contributed by atoms with Crippen molar-refractivity contribution in [2.24, 2.45) is 16.0 Å². The SMILES string of the molecule is C=N/N=C\N(N)c1ccc(Cl)cc1/C=C/C(=O)NC(Cc1cc(C)[nH]n1)c1nc(-c2ccc(NC(=O)OC)cc2)c(Cl)[nH]1. The van der Waals surface area contributed by atoms with Gasteiger partial charge < -0.3 is 15.0 Å². The number of amides is 2. The third kappa shape index (κ3) is 8.29. The number of carbonyl (C=O) groups excluding carboxylic acids is 2. The van der Waals surface area contributed by atoms with E-state index in [0.717, 1.165) is 5.69 Å². The van der Waals surface area contributed by atoms with E-state index in [1.54, 1.807) is 48.5 Å². The van der Waals surface area contributed by atoms with E-state index >= 15 is 0 Å². The molecule has 0 fully saturated rings. The number of hydrogen-bond acceptors (Lipinski definition) is 8. The molecule has 4 aromatic rings. The summed E-state index contributed by atoms with van der Waals surface area (Å²) in [6.07, 6.45) is 3.94. The number of aryl methyl sites for hydroxylation is 1. The molecule has 2 amide bonds. The molecule has 0 aliphatic heterocycles. The van der Waals surface area contributed by atoms with Crippen LogP contribution in [-0.4, -0.2) is 52.3 Å². The fourth-order valence-corrected chi connectivity index (χ4v) is 4.47. The Morgan fingerprint density at radius 3 is 2.65 bits per heavy atom. The molecule has 0 bridgehead atoms. The number of H-pyrrole nitrogens is 2. The molecule has 2 aromatic carbocycles. The number of methoxy groups -OCH3 is 1. The van der Waals surface area contributed by atoms with E-state index in [9.17, 15) is 9.59 Å². The molecule has 15 heteroatoms. The average Bonchev–Trinajstić information content (AvgIpc) is 3.59. The topological polar surface area (TPSA) is 179 Å². The molecule has 4 rings (SSSR count). The summed E-state index contributed by atoms with van der Waals surface area (Å²) in [5.41, 5.74) is 4.38. The molecule has 1 unspecified atom stereocenters. The second kappa shape index (κ2) is 14.3. The normalized spacial score (nSPS) is 11.9. The Bertz CT molecular complexity index is 1660. The van der Waals surface area contributed by atoms with Crippen LogP contribution >= 0.6 is 23.2 Å². The fraction of sp³-hybridized carbons (Fsp3) is 0.143. The largest absolute Gasteiger partial charge is 0.453 e. The summed E-state index contributed by atoms with van der Waals surface area (Å²) in [5, 5.41) is 21.8. The summed E-state index contributed by atoms with van der Waals surface area (Å²) in [7, 11) is 1.28. The molecule has 0 radical (unpaired) electrons. The van der Waals surface area contributed by atoms with E-state index in [4.69, 9.17) is 34.0 Å². The molecule has 43 heavy (non-hydrogen) atoms. The number of nitrogens with one attached hydrogen (secondary N) is 4. The predicted octanol–water partition coefficient (Wildman–Crippen LogP) is 5.03. The van der Waals surface area contributed by atoms with Gasteiger partial charge in [-0.3, -0.25) is 20.2 Å². The lowest BCUT2D eigenvalue weighted by molar-refractivity contribution is -0.117. The first-order valence-electron chi connectivity index (χ1n) is 12.7. The molecule has 6 N–H and O–H groups in total. The summed E-state index contributed by atoms with van der Waals surface area (Å²) < 4.78 is 4.62. The van der Waals surface area contributed by atoms with E-state index < -0.39 is 18.0 Å². The molecule has 0 aliphatic carbocycles. The van der Waals surface area contributed by atoms with Gasteiger partial charge in [-0.05, 0) is 49.4 Å². The third-order valence-corrected chi connectivity index (χ3v) is 6.54. The van der Waals surface area contributed by atoms with E-state index in [1.165, 1.54) is 24.5 Å². The number of aromatic nitrogens is 4. The molecule has 1 atom stereocenters. The van der Waals surface area contributed by atoms with Gasteiger partial charge >= 0.3 is 6.09 Å². The number of rotatable bonds is 11. The summed E-state index contributed by atoms with van der Waals surface area (Å²) in [6, 6.07) is 13.1. The lowest BCUT2D eigenvalue weighted by Crippen LogP contribution is -2.30. The summed E-state index contributed by atoms with van der Waals surface area (Å²) in [5.74, 6) is 6.05. The minimum absolute atomic E-state index is 0.277.